The van der Waals surface area contributed by atoms with Crippen molar-refractivity contribution in [1.82, 2.24) is 30.3 Å². The summed E-state index contributed by atoms with van der Waals surface area (Å²) in [5.74, 6) is 2.31. The number of rotatable bonds is 8. The molecular weight excluding hydrogens is 388 g/mol. The maximum absolute atomic E-state index is 6.69. The summed E-state index contributed by atoms with van der Waals surface area (Å²) in [7, 11) is 0. The Balaban J connectivity index is 1.41. The molecule has 0 aliphatic rings. The predicted octanol–water partition coefficient (Wildman–Crippen LogP) is 4.36. The van der Waals surface area contributed by atoms with Gasteiger partial charge >= 0.3 is 0 Å². The molecule has 7 nitrogen and oxygen atoms in total. The average molecular weight is 411 g/mol. The first-order valence-corrected chi connectivity index (χ1v) is 10.00. The smallest absolute Gasteiger partial charge is 0.216 e. The van der Waals surface area contributed by atoms with Crippen molar-refractivity contribution in [2.45, 2.75) is 32.7 Å². The fourth-order valence-corrected chi connectivity index (χ4v) is 3.46. The zero-order valence-electron chi connectivity index (χ0n) is 16.4. The minimum absolute atomic E-state index is 0.277. The van der Waals surface area contributed by atoms with Gasteiger partial charge < -0.3 is 9.73 Å². The summed E-state index contributed by atoms with van der Waals surface area (Å²) in [4.78, 5) is 4.46. The van der Waals surface area contributed by atoms with Crippen LogP contribution in [-0.4, -0.2) is 31.5 Å². The van der Waals surface area contributed by atoms with Crippen LogP contribution < -0.4 is 5.32 Å². The number of nitrogens with one attached hydrogen (secondary N) is 2. The molecule has 2 N–H and O–H groups in total. The molecule has 3 heterocycles. The van der Waals surface area contributed by atoms with Crippen LogP contribution in [0, 0.1) is 0 Å². The number of halogens is 1. The minimum Gasteiger partial charge on any atom is -0.461 e. The number of para-hydroxylation sites is 1. The van der Waals surface area contributed by atoms with Crippen molar-refractivity contribution in [2.75, 3.05) is 6.54 Å². The third-order valence-corrected chi connectivity index (χ3v) is 5.00. The highest BCUT2D eigenvalue weighted by atomic mass is 35.5. The van der Waals surface area contributed by atoms with Gasteiger partial charge in [-0.15, -0.1) is 0 Å². The molecule has 3 aromatic heterocycles. The Morgan fingerprint density at radius 1 is 1.17 bits per heavy atom. The van der Waals surface area contributed by atoms with Crippen molar-refractivity contribution in [2.24, 2.45) is 0 Å². The molecule has 1 aromatic carbocycles. The Hall–Kier alpha value is -2.90. The summed E-state index contributed by atoms with van der Waals surface area (Å²) in [5.41, 5.74) is 2.99. The molecule has 0 spiro atoms. The molecule has 0 saturated carbocycles. The van der Waals surface area contributed by atoms with Crippen LogP contribution in [0.15, 0.2) is 53.1 Å². The van der Waals surface area contributed by atoms with Crippen molar-refractivity contribution < 1.29 is 4.42 Å². The van der Waals surface area contributed by atoms with Crippen LogP contribution in [0.5, 0.6) is 0 Å². The zero-order chi connectivity index (χ0) is 20.2. The van der Waals surface area contributed by atoms with Gasteiger partial charge in [-0.3, -0.25) is 5.10 Å². The predicted molar refractivity (Wildman–Crippen MR) is 112 cm³/mol. The van der Waals surface area contributed by atoms with E-state index >= 15 is 0 Å². The molecule has 0 fully saturated rings. The van der Waals surface area contributed by atoms with Crippen molar-refractivity contribution in [3.63, 3.8) is 0 Å². The van der Waals surface area contributed by atoms with Gasteiger partial charge in [0.2, 0.25) is 5.82 Å². The van der Waals surface area contributed by atoms with Gasteiger partial charge in [0.15, 0.2) is 5.76 Å². The fourth-order valence-electron chi connectivity index (χ4n) is 3.16. The van der Waals surface area contributed by atoms with Crippen molar-refractivity contribution >= 4 is 11.6 Å². The molecule has 0 atom stereocenters. The largest absolute Gasteiger partial charge is 0.461 e. The van der Waals surface area contributed by atoms with E-state index in [0.717, 1.165) is 35.7 Å². The van der Waals surface area contributed by atoms with Crippen LogP contribution in [-0.2, 0) is 13.0 Å². The first-order chi connectivity index (χ1) is 14.1. The lowest BCUT2D eigenvalue weighted by atomic mass is 10.1. The summed E-state index contributed by atoms with van der Waals surface area (Å²) in [6.45, 7) is 5.62. The topological polar surface area (TPSA) is 84.6 Å². The number of aromatic nitrogens is 5. The van der Waals surface area contributed by atoms with E-state index in [1.807, 2.05) is 42.5 Å². The quantitative estimate of drug-likeness (QED) is 0.421. The number of H-pyrrole nitrogens is 1. The highest BCUT2D eigenvalue weighted by Crippen LogP contribution is 2.28. The molecule has 0 unspecified atom stereocenters. The summed E-state index contributed by atoms with van der Waals surface area (Å²) in [5, 5.41) is 16.0. The van der Waals surface area contributed by atoms with Crippen molar-refractivity contribution in [3.05, 3.63) is 71.0 Å². The molecule has 0 amide bonds. The number of hydrogen-bond donors (Lipinski definition) is 2. The first-order valence-electron chi connectivity index (χ1n) is 9.62. The highest BCUT2D eigenvalue weighted by Gasteiger charge is 2.19. The number of aromatic amines is 1. The number of benzene rings is 1. The molecule has 0 aliphatic heterocycles. The van der Waals surface area contributed by atoms with Crippen LogP contribution in [0.3, 0.4) is 0 Å². The molecular formula is C21H23ClN6O. The van der Waals surface area contributed by atoms with E-state index in [1.54, 1.807) is 10.9 Å². The second-order valence-corrected chi connectivity index (χ2v) is 7.42. The number of nitrogens with zero attached hydrogens (tertiary/aromatic N) is 4. The molecule has 8 heteroatoms. The molecule has 0 radical (unpaired) electrons. The van der Waals surface area contributed by atoms with Crippen molar-refractivity contribution in [3.8, 4) is 17.3 Å². The second kappa shape index (κ2) is 8.63. The zero-order valence-corrected chi connectivity index (χ0v) is 17.1. The van der Waals surface area contributed by atoms with E-state index in [9.17, 15) is 0 Å². The Kier molecular flexibility index (Phi) is 5.78. The summed E-state index contributed by atoms with van der Waals surface area (Å²) >= 11 is 6.69. The van der Waals surface area contributed by atoms with Crippen LogP contribution in [0.4, 0.5) is 0 Å². The summed E-state index contributed by atoms with van der Waals surface area (Å²) < 4.78 is 7.12. The van der Waals surface area contributed by atoms with Gasteiger partial charge in [-0.2, -0.15) is 10.2 Å². The van der Waals surface area contributed by atoms with E-state index in [0.29, 0.717) is 23.3 Å². The van der Waals surface area contributed by atoms with Gasteiger partial charge in [0.25, 0.3) is 0 Å². The maximum atomic E-state index is 6.69. The molecule has 0 saturated heterocycles. The molecule has 4 rings (SSSR count). The normalized spacial score (nSPS) is 11.4. The molecule has 150 valence electrons. The lowest BCUT2D eigenvalue weighted by molar-refractivity contribution is 0.577. The fraction of sp³-hybridized carbons (Fsp3) is 0.286. The molecule has 4 aromatic rings. The average Bonchev–Trinajstić information content (AvgIpc) is 3.46. The minimum atomic E-state index is 0.277. The molecule has 0 aliphatic carbocycles. The molecule has 0 bridgehead atoms. The Morgan fingerprint density at radius 2 is 2.00 bits per heavy atom. The molecule has 29 heavy (non-hydrogen) atoms. The van der Waals surface area contributed by atoms with Gasteiger partial charge in [0, 0.05) is 25.1 Å². The van der Waals surface area contributed by atoms with E-state index in [1.165, 1.54) is 0 Å². The Labute approximate surface area is 174 Å². The van der Waals surface area contributed by atoms with Crippen LogP contribution in [0.1, 0.15) is 36.8 Å². The van der Waals surface area contributed by atoms with Crippen LogP contribution in [0.25, 0.3) is 17.3 Å². The number of hydrogen-bond acceptors (Lipinski definition) is 5. The second-order valence-electron chi connectivity index (χ2n) is 7.07. The lowest BCUT2D eigenvalue weighted by Crippen LogP contribution is -2.18. The van der Waals surface area contributed by atoms with E-state index in [4.69, 9.17) is 21.1 Å². The third kappa shape index (κ3) is 4.26. The van der Waals surface area contributed by atoms with E-state index < -0.39 is 0 Å². The lowest BCUT2D eigenvalue weighted by Gasteiger charge is -2.07. The van der Waals surface area contributed by atoms with Gasteiger partial charge in [-0.05, 0) is 30.2 Å². The Bertz CT molecular complexity index is 1050. The Morgan fingerprint density at radius 3 is 2.72 bits per heavy atom. The van der Waals surface area contributed by atoms with Crippen LogP contribution in [0.2, 0.25) is 5.15 Å². The van der Waals surface area contributed by atoms with Gasteiger partial charge in [0.05, 0.1) is 17.6 Å². The van der Waals surface area contributed by atoms with E-state index in [2.05, 4.69) is 34.3 Å². The third-order valence-electron chi connectivity index (χ3n) is 4.61. The number of furan rings is 1. The standard InChI is InChI=1S/C21H23ClN6O/c1-14(2)19-16(20(22)28(27-19)15-7-4-3-5-8-15)13-23-11-10-18-24-21(26-25-18)17-9-6-12-29-17/h3-9,12,14,23H,10-11,13H2,1-2H3,(H,24,25,26). The summed E-state index contributed by atoms with van der Waals surface area (Å²) in [6.07, 6.45) is 2.33. The first kappa shape index (κ1) is 19.4. The monoisotopic (exact) mass is 410 g/mol. The van der Waals surface area contributed by atoms with Gasteiger partial charge in [-0.1, -0.05) is 43.6 Å². The van der Waals surface area contributed by atoms with Crippen LogP contribution >= 0.6 is 11.6 Å². The van der Waals surface area contributed by atoms with Gasteiger partial charge in [0.1, 0.15) is 11.0 Å². The van der Waals surface area contributed by atoms with Gasteiger partial charge in [-0.25, -0.2) is 9.67 Å². The highest BCUT2D eigenvalue weighted by molar-refractivity contribution is 6.30. The van der Waals surface area contributed by atoms with Crippen molar-refractivity contribution in [1.29, 1.82) is 0 Å². The summed E-state index contributed by atoms with van der Waals surface area (Å²) in [6, 6.07) is 13.6. The van der Waals surface area contributed by atoms with E-state index in [-0.39, 0.29) is 5.92 Å². The maximum Gasteiger partial charge on any atom is 0.216 e. The SMILES string of the molecule is CC(C)c1nn(-c2ccccc2)c(Cl)c1CNCCc1nc(-c2ccco2)n[nH]1.